The van der Waals surface area contributed by atoms with Gasteiger partial charge in [-0.2, -0.15) is 8.62 Å². The third-order valence-electron chi connectivity index (χ3n) is 0.987. The van der Waals surface area contributed by atoms with E-state index in [0.717, 1.165) is 0 Å². The molecule has 0 aliphatic heterocycles. The van der Waals surface area contributed by atoms with Gasteiger partial charge in [0.15, 0.2) is 0 Å². The summed E-state index contributed by atoms with van der Waals surface area (Å²) < 4.78 is 49.4. The van der Waals surface area contributed by atoms with E-state index in [1.807, 2.05) is 0 Å². The van der Waals surface area contributed by atoms with Gasteiger partial charge in [0.2, 0.25) is 0 Å². The summed E-state index contributed by atoms with van der Waals surface area (Å²) in [5, 5.41) is 0. The Hall–Kier alpha value is 0.410. The van der Waals surface area contributed by atoms with Crippen LogP contribution in [-0.4, -0.2) is 27.9 Å². The summed E-state index contributed by atoms with van der Waals surface area (Å²) in [7, 11) is -15.0. The molecule has 0 spiro atoms. The lowest BCUT2D eigenvalue weighted by Gasteiger charge is -2.18. The predicted molar refractivity (Wildman–Crippen MR) is 54.9 cm³/mol. The van der Waals surface area contributed by atoms with E-state index in [0.29, 0.717) is 0 Å². The van der Waals surface area contributed by atoms with Gasteiger partial charge in [-0.25, -0.2) is 13.7 Å². The standard InChI is InChI=1S/C4H13O10P3/c1-3-11-17(10,12-4-2)14-16(8,9)13-15(5,6)7/h3-4H2,1-2H3,(H,8,9)(H2,5,6,7). The summed E-state index contributed by atoms with van der Waals surface area (Å²) in [6, 6.07) is 0. The first-order valence-electron chi connectivity index (χ1n) is 4.23. The van der Waals surface area contributed by atoms with Crippen LogP contribution in [0.4, 0.5) is 0 Å². The van der Waals surface area contributed by atoms with Crippen LogP contribution in [-0.2, 0) is 31.4 Å². The molecule has 0 bridgehead atoms. The Balaban J connectivity index is 4.81. The Morgan fingerprint density at radius 3 is 1.59 bits per heavy atom. The first-order valence-corrected chi connectivity index (χ1v) is 8.72. The molecule has 0 rings (SSSR count). The molecular weight excluding hydrogens is 301 g/mol. The largest absolute Gasteiger partial charge is 0.490 e. The Kier molecular flexibility index (Phi) is 6.70. The second-order valence-electron chi connectivity index (χ2n) is 2.41. The average molecular weight is 314 g/mol. The Bertz CT molecular complexity index is 362. The number of hydrogen-bond donors (Lipinski definition) is 3. The van der Waals surface area contributed by atoms with Crippen molar-refractivity contribution >= 4 is 23.5 Å². The van der Waals surface area contributed by atoms with E-state index in [2.05, 4.69) is 17.7 Å². The number of rotatable bonds is 8. The van der Waals surface area contributed by atoms with Crippen molar-refractivity contribution in [3.8, 4) is 0 Å². The minimum absolute atomic E-state index is 0.173. The lowest BCUT2D eigenvalue weighted by Crippen LogP contribution is -2.00. The van der Waals surface area contributed by atoms with Crippen molar-refractivity contribution in [3.63, 3.8) is 0 Å². The highest BCUT2D eigenvalue weighted by Gasteiger charge is 2.42. The lowest BCUT2D eigenvalue weighted by atomic mass is 10.9. The van der Waals surface area contributed by atoms with Gasteiger partial charge in [0.1, 0.15) is 0 Å². The zero-order valence-corrected chi connectivity index (χ0v) is 11.6. The second kappa shape index (κ2) is 6.54. The van der Waals surface area contributed by atoms with Crippen molar-refractivity contribution in [2.75, 3.05) is 13.2 Å². The molecule has 0 radical (unpaired) electrons. The number of phosphoric acid groups is 3. The zero-order chi connectivity index (χ0) is 13.7. The third-order valence-corrected chi connectivity index (χ3v) is 5.44. The van der Waals surface area contributed by atoms with E-state index >= 15 is 0 Å². The zero-order valence-electron chi connectivity index (χ0n) is 8.96. The predicted octanol–water partition coefficient (Wildman–Crippen LogP) is 1.39. The van der Waals surface area contributed by atoms with Gasteiger partial charge >= 0.3 is 23.5 Å². The second-order valence-corrected chi connectivity index (χ2v) is 7.04. The molecule has 0 fully saturated rings. The van der Waals surface area contributed by atoms with E-state index in [1.165, 1.54) is 13.8 Å². The summed E-state index contributed by atoms with van der Waals surface area (Å²) in [6.07, 6.45) is 0. The summed E-state index contributed by atoms with van der Waals surface area (Å²) in [4.78, 5) is 25.6. The van der Waals surface area contributed by atoms with Gasteiger partial charge in [0.05, 0.1) is 13.2 Å². The molecule has 3 N–H and O–H groups in total. The summed E-state index contributed by atoms with van der Waals surface area (Å²) in [6.45, 7) is 2.46. The van der Waals surface area contributed by atoms with Gasteiger partial charge in [0, 0.05) is 0 Å². The average Bonchev–Trinajstić information content (AvgIpc) is 1.96. The van der Waals surface area contributed by atoms with Crippen molar-refractivity contribution in [3.05, 3.63) is 0 Å². The van der Waals surface area contributed by atoms with Crippen LogP contribution in [0.5, 0.6) is 0 Å². The normalized spacial score (nSPS) is 16.8. The fourth-order valence-electron chi connectivity index (χ4n) is 0.676. The van der Waals surface area contributed by atoms with E-state index < -0.39 is 23.5 Å². The van der Waals surface area contributed by atoms with Crippen LogP contribution in [0.2, 0.25) is 0 Å². The van der Waals surface area contributed by atoms with Crippen molar-refractivity contribution in [2.45, 2.75) is 13.8 Å². The van der Waals surface area contributed by atoms with Gasteiger partial charge < -0.3 is 14.7 Å². The van der Waals surface area contributed by atoms with Crippen molar-refractivity contribution in [1.82, 2.24) is 0 Å². The van der Waals surface area contributed by atoms with E-state index in [1.54, 1.807) is 0 Å². The summed E-state index contributed by atoms with van der Waals surface area (Å²) in [5.41, 5.74) is 0. The molecule has 0 amide bonds. The van der Waals surface area contributed by atoms with Gasteiger partial charge in [-0.1, -0.05) is 0 Å². The molecule has 1 atom stereocenters. The van der Waals surface area contributed by atoms with Gasteiger partial charge in [-0.05, 0) is 13.8 Å². The van der Waals surface area contributed by atoms with Crippen LogP contribution >= 0.6 is 23.5 Å². The molecule has 104 valence electrons. The van der Waals surface area contributed by atoms with E-state index in [4.69, 9.17) is 14.7 Å². The Morgan fingerprint density at radius 2 is 1.29 bits per heavy atom. The van der Waals surface area contributed by atoms with Gasteiger partial charge in [-0.3, -0.25) is 9.05 Å². The number of phosphoric ester groups is 1. The maximum Gasteiger partial charge on any atom is 0.490 e. The number of hydrogen-bond acceptors (Lipinski definition) is 7. The molecule has 10 nitrogen and oxygen atoms in total. The van der Waals surface area contributed by atoms with Crippen LogP contribution in [0, 0.1) is 0 Å². The molecule has 0 saturated heterocycles. The van der Waals surface area contributed by atoms with Crippen LogP contribution in [0.25, 0.3) is 0 Å². The van der Waals surface area contributed by atoms with Crippen LogP contribution in [0.1, 0.15) is 13.8 Å². The SMILES string of the molecule is CCOP(=O)(OCC)OP(=O)(O)OP(=O)(O)O. The van der Waals surface area contributed by atoms with Crippen LogP contribution in [0.3, 0.4) is 0 Å². The minimum Gasteiger partial charge on any atom is -0.302 e. The van der Waals surface area contributed by atoms with Crippen molar-refractivity contribution in [1.29, 1.82) is 0 Å². The highest BCUT2D eigenvalue weighted by Crippen LogP contribution is 2.68. The highest BCUT2D eigenvalue weighted by molar-refractivity contribution is 7.66. The van der Waals surface area contributed by atoms with Crippen molar-refractivity contribution < 1.29 is 46.0 Å². The molecule has 0 heterocycles. The molecule has 0 saturated carbocycles. The molecule has 0 aromatic carbocycles. The van der Waals surface area contributed by atoms with Gasteiger partial charge in [0.25, 0.3) is 0 Å². The summed E-state index contributed by atoms with van der Waals surface area (Å²) in [5.74, 6) is 0. The molecule has 0 aliphatic rings. The highest BCUT2D eigenvalue weighted by atomic mass is 31.3. The Labute approximate surface area is 97.3 Å². The molecule has 1 unspecified atom stereocenters. The first kappa shape index (κ1) is 17.4. The monoisotopic (exact) mass is 314 g/mol. The minimum atomic E-state index is -5.28. The quantitative estimate of drug-likeness (QED) is 0.561. The lowest BCUT2D eigenvalue weighted by molar-refractivity contribution is 0.146. The molecular formula is C4H13O10P3. The van der Waals surface area contributed by atoms with Crippen LogP contribution in [0.15, 0.2) is 0 Å². The van der Waals surface area contributed by atoms with Gasteiger partial charge in [-0.15, -0.1) is 0 Å². The van der Waals surface area contributed by atoms with Crippen molar-refractivity contribution in [2.24, 2.45) is 0 Å². The maximum absolute atomic E-state index is 11.6. The molecule has 0 aromatic heterocycles. The first-order chi connectivity index (χ1) is 7.54. The fraction of sp³-hybridized carbons (Fsp3) is 1.00. The molecule has 17 heavy (non-hydrogen) atoms. The third kappa shape index (κ3) is 8.18. The topological polar surface area (TPSA) is 149 Å². The smallest absolute Gasteiger partial charge is 0.302 e. The van der Waals surface area contributed by atoms with E-state index in [9.17, 15) is 13.7 Å². The Morgan fingerprint density at radius 1 is 0.882 bits per heavy atom. The summed E-state index contributed by atoms with van der Waals surface area (Å²) >= 11 is 0. The molecule has 13 heteroatoms. The maximum atomic E-state index is 11.6. The van der Waals surface area contributed by atoms with E-state index in [-0.39, 0.29) is 13.2 Å². The molecule has 0 aliphatic carbocycles. The molecule has 0 aromatic rings. The fourth-order valence-corrected chi connectivity index (χ4v) is 4.23. The van der Waals surface area contributed by atoms with Crippen LogP contribution < -0.4 is 0 Å².